The van der Waals surface area contributed by atoms with E-state index in [1.165, 1.54) is 37.6 Å². The zero-order chi connectivity index (χ0) is 20.4. The highest BCUT2D eigenvalue weighted by atomic mass is 32.2. The van der Waals surface area contributed by atoms with Crippen LogP contribution in [0.5, 0.6) is 5.75 Å². The van der Waals surface area contributed by atoms with Crippen LogP contribution < -0.4 is 9.46 Å². The van der Waals surface area contributed by atoms with Crippen LogP contribution in [0, 0.1) is 5.82 Å². The molecule has 0 fully saturated rings. The Labute approximate surface area is 168 Å². The summed E-state index contributed by atoms with van der Waals surface area (Å²) in [5, 5.41) is 14.1. The summed E-state index contributed by atoms with van der Waals surface area (Å²) in [5.41, 5.74) is 1.48. The second-order valence-electron chi connectivity index (χ2n) is 5.75. The smallest absolute Gasteiger partial charge is 0.273 e. The van der Waals surface area contributed by atoms with Gasteiger partial charge in [0.25, 0.3) is 10.0 Å². The van der Waals surface area contributed by atoms with Crippen LogP contribution in [0.1, 0.15) is 0 Å². The molecule has 0 saturated carbocycles. The highest BCUT2D eigenvalue weighted by molar-refractivity contribution is 7.94. The number of H-pyrrole nitrogens is 1. The largest absolute Gasteiger partial charge is 0.495 e. The lowest BCUT2D eigenvalue weighted by atomic mass is 10.2. The molecule has 0 amide bonds. The second kappa shape index (κ2) is 7.56. The summed E-state index contributed by atoms with van der Waals surface area (Å²) in [6.07, 6.45) is 1.26. The summed E-state index contributed by atoms with van der Waals surface area (Å²) in [4.78, 5) is 4.13. The number of sulfonamides is 1. The molecule has 2 heterocycles. The number of hydrogen-bond donors (Lipinski definition) is 2. The summed E-state index contributed by atoms with van der Waals surface area (Å²) in [6.45, 7) is 0. The van der Waals surface area contributed by atoms with Crippen molar-refractivity contribution < 1.29 is 17.5 Å². The molecular weight excluding hydrogens is 419 g/mol. The van der Waals surface area contributed by atoms with Crippen molar-refractivity contribution in [3.8, 4) is 27.7 Å². The molecule has 2 N–H and O–H groups in total. The van der Waals surface area contributed by atoms with Crippen LogP contribution in [0.25, 0.3) is 22.0 Å². The average Bonchev–Trinajstić information content (AvgIpc) is 3.41. The Morgan fingerprint density at radius 2 is 1.90 bits per heavy atom. The summed E-state index contributed by atoms with van der Waals surface area (Å²) in [7, 11) is -2.48. The van der Waals surface area contributed by atoms with Crippen molar-refractivity contribution in [1.29, 1.82) is 0 Å². The Bertz CT molecular complexity index is 1240. The van der Waals surface area contributed by atoms with Crippen molar-refractivity contribution >= 4 is 27.0 Å². The third kappa shape index (κ3) is 3.93. The lowest BCUT2D eigenvalue weighted by Crippen LogP contribution is -2.12. The summed E-state index contributed by atoms with van der Waals surface area (Å²) in [5.74, 6) is 0.263. The van der Waals surface area contributed by atoms with E-state index in [0.29, 0.717) is 27.7 Å². The van der Waals surface area contributed by atoms with E-state index in [4.69, 9.17) is 4.74 Å². The predicted octanol–water partition coefficient (Wildman–Crippen LogP) is 2.94. The fourth-order valence-corrected chi connectivity index (χ4v) is 4.71. The number of anilines is 1. The Kier molecular flexibility index (Phi) is 4.94. The molecule has 0 aliphatic heterocycles. The zero-order valence-electron chi connectivity index (χ0n) is 14.8. The maximum absolute atomic E-state index is 13.1. The molecule has 0 spiro atoms. The van der Waals surface area contributed by atoms with Gasteiger partial charge in [0.2, 0.25) is 5.82 Å². The molecule has 29 heavy (non-hydrogen) atoms. The number of nitrogens with one attached hydrogen (secondary N) is 2. The molecule has 0 saturated heterocycles. The van der Waals surface area contributed by atoms with E-state index in [0.717, 1.165) is 11.3 Å². The minimum atomic E-state index is -3.91. The molecule has 0 bridgehead atoms. The molecule has 0 aliphatic rings. The SMILES string of the molecule is COc1cc(-c2nn[nH]n2)ccc1NS(=O)(=O)c1cnc(-c2ccc(F)cc2)s1. The molecule has 4 aromatic rings. The number of halogens is 1. The van der Waals surface area contributed by atoms with Gasteiger partial charge < -0.3 is 4.74 Å². The fourth-order valence-electron chi connectivity index (χ4n) is 2.50. The number of rotatable bonds is 6. The molecule has 12 heteroatoms. The van der Waals surface area contributed by atoms with E-state index in [-0.39, 0.29) is 15.7 Å². The first-order chi connectivity index (χ1) is 14.0. The van der Waals surface area contributed by atoms with Crippen LogP contribution in [0.3, 0.4) is 0 Å². The average molecular weight is 432 g/mol. The topological polar surface area (TPSA) is 123 Å². The van der Waals surface area contributed by atoms with Gasteiger partial charge >= 0.3 is 0 Å². The third-order valence-electron chi connectivity index (χ3n) is 3.89. The number of aromatic amines is 1. The lowest BCUT2D eigenvalue weighted by Gasteiger charge is -2.11. The van der Waals surface area contributed by atoms with E-state index < -0.39 is 10.0 Å². The lowest BCUT2D eigenvalue weighted by molar-refractivity contribution is 0.417. The predicted molar refractivity (Wildman–Crippen MR) is 104 cm³/mol. The van der Waals surface area contributed by atoms with Gasteiger partial charge in [0.15, 0.2) is 4.21 Å². The second-order valence-corrected chi connectivity index (χ2v) is 8.69. The van der Waals surface area contributed by atoms with Crippen LogP contribution in [0.2, 0.25) is 0 Å². The number of benzene rings is 2. The van der Waals surface area contributed by atoms with Gasteiger partial charge in [-0.2, -0.15) is 5.21 Å². The normalized spacial score (nSPS) is 11.4. The first-order valence-electron chi connectivity index (χ1n) is 8.13. The molecule has 0 atom stereocenters. The van der Waals surface area contributed by atoms with E-state index >= 15 is 0 Å². The Hall–Kier alpha value is -3.38. The van der Waals surface area contributed by atoms with Gasteiger partial charge in [-0.25, -0.2) is 17.8 Å². The van der Waals surface area contributed by atoms with Gasteiger partial charge in [-0.05, 0) is 47.7 Å². The summed E-state index contributed by atoms with van der Waals surface area (Å²) in [6, 6.07) is 10.4. The van der Waals surface area contributed by atoms with E-state index in [2.05, 4.69) is 30.3 Å². The first kappa shape index (κ1) is 19.0. The van der Waals surface area contributed by atoms with Crippen molar-refractivity contribution in [1.82, 2.24) is 25.6 Å². The minimum absolute atomic E-state index is 0.0149. The highest BCUT2D eigenvalue weighted by Crippen LogP contribution is 2.33. The minimum Gasteiger partial charge on any atom is -0.495 e. The van der Waals surface area contributed by atoms with Gasteiger partial charge in [0.05, 0.1) is 19.0 Å². The monoisotopic (exact) mass is 432 g/mol. The molecule has 148 valence electrons. The molecule has 0 unspecified atom stereocenters. The van der Waals surface area contributed by atoms with Crippen LogP contribution >= 0.6 is 11.3 Å². The number of hydrogen-bond acceptors (Lipinski definition) is 8. The number of ether oxygens (including phenoxy) is 1. The number of aromatic nitrogens is 5. The van der Waals surface area contributed by atoms with E-state index in [1.54, 1.807) is 18.2 Å². The zero-order valence-corrected chi connectivity index (χ0v) is 16.5. The number of tetrazole rings is 1. The van der Waals surface area contributed by atoms with Crippen molar-refractivity contribution in [2.75, 3.05) is 11.8 Å². The van der Waals surface area contributed by atoms with Gasteiger partial charge in [0.1, 0.15) is 16.6 Å². The van der Waals surface area contributed by atoms with E-state index in [9.17, 15) is 12.8 Å². The van der Waals surface area contributed by atoms with Gasteiger partial charge in [0, 0.05) is 11.1 Å². The first-order valence-corrected chi connectivity index (χ1v) is 10.4. The van der Waals surface area contributed by atoms with Gasteiger partial charge in [-0.1, -0.05) is 0 Å². The Morgan fingerprint density at radius 1 is 1.14 bits per heavy atom. The maximum Gasteiger partial charge on any atom is 0.273 e. The van der Waals surface area contributed by atoms with Crippen LogP contribution in [-0.2, 0) is 10.0 Å². The van der Waals surface area contributed by atoms with Gasteiger partial charge in [-0.15, -0.1) is 21.5 Å². The summed E-state index contributed by atoms with van der Waals surface area (Å²) < 4.78 is 46.5. The quantitative estimate of drug-likeness (QED) is 0.480. The molecule has 2 aromatic heterocycles. The standard InChI is InChI=1S/C17H13FN6O3S2/c1-27-14-8-11(16-20-23-24-21-16)4-7-13(14)22-29(25,26)15-9-19-17(28-15)10-2-5-12(18)6-3-10/h2-9,22H,1H3,(H,20,21,23,24). The van der Waals surface area contributed by atoms with Crippen molar-refractivity contribution in [2.24, 2.45) is 0 Å². The van der Waals surface area contributed by atoms with Crippen molar-refractivity contribution in [3.05, 3.63) is 54.5 Å². The van der Waals surface area contributed by atoms with Crippen molar-refractivity contribution in [3.63, 3.8) is 0 Å². The number of nitrogens with zero attached hydrogens (tertiary/aromatic N) is 4. The number of thiazole rings is 1. The van der Waals surface area contributed by atoms with Gasteiger partial charge in [-0.3, -0.25) is 4.72 Å². The molecule has 4 rings (SSSR count). The Morgan fingerprint density at radius 3 is 2.59 bits per heavy atom. The highest BCUT2D eigenvalue weighted by Gasteiger charge is 2.21. The third-order valence-corrected chi connectivity index (χ3v) is 6.76. The van der Waals surface area contributed by atoms with E-state index in [1.807, 2.05) is 0 Å². The van der Waals surface area contributed by atoms with Crippen molar-refractivity contribution in [2.45, 2.75) is 4.21 Å². The van der Waals surface area contributed by atoms with Crippen LogP contribution in [0.15, 0.2) is 52.9 Å². The maximum atomic E-state index is 13.1. The molecule has 0 radical (unpaired) electrons. The molecule has 0 aliphatic carbocycles. The van der Waals surface area contributed by atoms with Crippen LogP contribution in [0.4, 0.5) is 10.1 Å². The van der Waals surface area contributed by atoms with Crippen LogP contribution in [-0.4, -0.2) is 41.1 Å². The molecule has 2 aromatic carbocycles. The Balaban J connectivity index is 1.61. The fraction of sp³-hybridized carbons (Fsp3) is 0.0588. The molecular formula is C17H13FN6O3S2. The molecule has 9 nitrogen and oxygen atoms in total. The number of methoxy groups -OCH3 is 1. The summed E-state index contributed by atoms with van der Waals surface area (Å²) >= 11 is 0.975.